The Morgan fingerprint density at radius 1 is 1.31 bits per heavy atom. The molecule has 2 fully saturated rings. The minimum absolute atomic E-state index is 0.0247. The molecule has 0 spiro atoms. The van der Waals surface area contributed by atoms with Crippen LogP contribution in [-0.4, -0.2) is 39.6 Å². The van der Waals surface area contributed by atoms with Gasteiger partial charge in [0.1, 0.15) is 5.76 Å². The number of fused-ring (bicyclic) bond motifs is 3. The lowest BCUT2D eigenvalue weighted by Gasteiger charge is -2.48. The third kappa shape index (κ3) is 3.86. The number of nitrogens with zero attached hydrogens (tertiary/aromatic N) is 1. The Balaban J connectivity index is 1.41. The zero-order chi connectivity index (χ0) is 22.2. The molecule has 2 aromatic heterocycles. The molecular weight excluding hydrogens is 424 g/mol. The van der Waals surface area contributed by atoms with E-state index in [2.05, 4.69) is 16.8 Å². The average Bonchev–Trinajstić information content (AvgIpc) is 3.45. The van der Waals surface area contributed by atoms with Crippen molar-refractivity contribution in [3.8, 4) is 11.3 Å². The highest BCUT2D eigenvalue weighted by atomic mass is 35.5. The summed E-state index contributed by atoms with van der Waals surface area (Å²) in [5.41, 5.74) is 2.88. The average molecular weight is 455 g/mol. The first kappa shape index (κ1) is 21.6. The van der Waals surface area contributed by atoms with Crippen molar-refractivity contribution in [2.45, 2.75) is 69.9 Å². The van der Waals surface area contributed by atoms with Crippen molar-refractivity contribution in [3.63, 3.8) is 0 Å². The Morgan fingerprint density at radius 2 is 2.19 bits per heavy atom. The number of amides is 1. The van der Waals surface area contributed by atoms with Crippen molar-refractivity contribution in [2.75, 3.05) is 6.61 Å². The Bertz CT molecular complexity index is 1090. The number of benzene rings is 1. The van der Waals surface area contributed by atoms with Gasteiger partial charge in [0, 0.05) is 47.8 Å². The summed E-state index contributed by atoms with van der Waals surface area (Å²) in [4.78, 5) is 19.0. The van der Waals surface area contributed by atoms with Crippen molar-refractivity contribution in [1.29, 1.82) is 0 Å². The number of aromatic nitrogens is 1. The molecule has 4 unspecified atom stereocenters. The molecule has 1 aliphatic heterocycles. The number of hydrogen-bond acceptors (Lipinski definition) is 3. The zero-order valence-corrected chi connectivity index (χ0v) is 19.3. The summed E-state index contributed by atoms with van der Waals surface area (Å²) in [6.45, 7) is 2.24. The van der Waals surface area contributed by atoms with Crippen molar-refractivity contribution >= 4 is 28.4 Å². The highest BCUT2D eigenvalue weighted by Crippen LogP contribution is 2.42. The smallest absolute Gasteiger partial charge is 0.223 e. The van der Waals surface area contributed by atoms with Crippen molar-refractivity contribution in [1.82, 2.24) is 9.88 Å². The van der Waals surface area contributed by atoms with E-state index in [-0.39, 0.29) is 24.5 Å². The first-order valence-corrected chi connectivity index (χ1v) is 12.2. The molecule has 4 atom stereocenters. The predicted molar refractivity (Wildman–Crippen MR) is 127 cm³/mol. The number of H-pyrrole nitrogens is 1. The molecule has 32 heavy (non-hydrogen) atoms. The monoisotopic (exact) mass is 454 g/mol. The molecule has 0 radical (unpaired) electrons. The van der Waals surface area contributed by atoms with Crippen LogP contribution in [0.1, 0.15) is 63.4 Å². The molecule has 1 saturated heterocycles. The third-order valence-corrected chi connectivity index (χ3v) is 7.90. The Hall–Kier alpha value is -2.24. The summed E-state index contributed by atoms with van der Waals surface area (Å²) in [6, 6.07) is 8.23. The molecular formula is C26H31ClN2O3. The van der Waals surface area contributed by atoms with Gasteiger partial charge < -0.3 is 19.4 Å². The Morgan fingerprint density at radius 3 is 2.97 bits per heavy atom. The van der Waals surface area contributed by atoms with Gasteiger partial charge in [-0.15, -0.1) is 0 Å². The first-order valence-electron chi connectivity index (χ1n) is 11.8. The van der Waals surface area contributed by atoms with Crippen LogP contribution in [-0.2, 0) is 4.79 Å². The Kier molecular flexibility index (Phi) is 6.04. The van der Waals surface area contributed by atoms with Crippen LogP contribution < -0.4 is 0 Å². The van der Waals surface area contributed by atoms with Crippen molar-refractivity contribution in [2.24, 2.45) is 5.92 Å². The molecule has 170 valence electrons. The first-order chi connectivity index (χ1) is 15.6. The van der Waals surface area contributed by atoms with Crippen LogP contribution >= 0.6 is 11.6 Å². The van der Waals surface area contributed by atoms with Gasteiger partial charge in [0.15, 0.2) is 0 Å². The van der Waals surface area contributed by atoms with E-state index in [1.807, 2.05) is 30.5 Å². The maximum absolute atomic E-state index is 13.5. The minimum Gasteiger partial charge on any atom is -0.464 e. The zero-order valence-electron chi connectivity index (χ0n) is 18.5. The summed E-state index contributed by atoms with van der Waals surface area (Å²) >= 11 is 6.84. The van der Waals surface area contributed by atoms with Crippen LogP contribution in [0.2, 0.25) is 5.02 Å². The van der Waals surface area contributed by atoms with E-state index in [1.54, 1.807) is 6.26 Å². The number of aromatic amines is 1. The van der Waals surface area contributed by atoms with Crippen LogP contribution in [0.25, 0.3) is 22.2 Å². The predicted octanol–water partition coefficient (Wildman–Crippen LogP) is 6.12. The molecule has 3 heterocycles. The number of piperidine rings is 1. The highest BCUT2D eigenvalue weighted by molar-refractivity contribution is 6.38. The summed E-state index contributed by atoms with van der Waals surface area (Å²) in [5, 5.41) is 11.2. The largest absolute Gasteiger partial charge is 0.464 e. The Labute approximate surface area is 193 Å². The van der Waals surface area contributed by atoms with Gasteiger partial charge in [0.05, 0.1) is 11.3 Å². The number of likely N-dealkylation sites (tertiary alicyclic amines) is 1. The van der Waals surface area contributed by atoms with E-state index in [0.29, 0.717) is 29.8 Å². The van der Waals surface area contributed by atoms with Gasteiger partial charge in [0.25, 0.3) is 0 Å². The van der Waals surface area contributed by atoms with Crippen LogP contribution in [0.4, 0.5) is 0 Å². The molecule has 5 nitrogen and oxygen atoms in total. The molecule has 2 aliphatic rings. The van der Waals surface area contributed by atoms with Crippen molar-refractivity contribution < 1.29 is 14.3 Å². The lowest BCUT2D eigenvalue weighted by Crippen LogP contribution is -2.54. The normalized spacial score (nSPS) is 24.1. The van der Waals surface area contributed by atoms with Gasteiger partial charge in [-0.3, -0.25) is 4.79 Å². The number of nitrogens with one attached hydrogen (secondary N) is 1. The molecule has 3 aromatic rings. The number of aliphatic hydroxyl groups excluding tert-OH is 1. The molecule has 5 rings (SSSR count). The second-order valence-electron chi connectivity index (χ2n) is 9.57. The number of carbonyl (C=O) groups excluding carboxylic acids is 1. The van der Waals surface area contributed by atoms with Gasteiger partial charge >= 0.3 is 0 Å². The lowest BCUT2D eigenvalue weighted by molar-refractivity contribution is -0.142. The summed E-state index contributed by atoms with van der Waals surface area (Å²) in [6.07, 6.45) is 10.5. The topological polar surface area (TPSA) is 69.5 Å². The number of hydrogen-bond donors (Lipinski definition) is 2. The van der Waals surface area contributed by atoms with E-state index < -0.39 is 0 Å². The van der Waals surface area contributed by atoms with E-state index in [0.717, 1.165) is 47.1 Å². The molecule has 1 amide bonds. The van der Waals surface area contributed by atoms with Gasteiger partial charge in [0.2, 0.25) is 5.91 Å². The third-order valence-electron chi connectivity index (χ3n) is 7.51. The van der Waals surface area contributed by atoms with E-state index >= 15 is 0 Å². The number of rotatable bonds is 6. The molecule has 1 aromatic carbocycles. The lowest BCUT2D eigenvalue weighted by atomic mass is 9.75. The van der Waals surface area contributed by atoms with E-state index in [9.17, 15) is 9.90 Å². The van der Waals surface area contributed by atoms with Crippen LogP contribution in [0.3, 0.4) is 0 Å². The highest BCUT2D eigenvalue weighted by Gasteiger charge is 2.40. The molecule has 2 N–H and O–H groups in total. The quantitative estimate of drug-likeness (QED) is 0.471. The number of carbonyl (C=O) groups is 1. The molecule has 6 heteroatoms. The summed E-state index contributed by atoms with van der Waals surface area (Å²) < 4.78 is 5.57. The number of halogens is 1. The summed E-state index contributed by atoms with van der Waals surface area (Å²) in [7, 11) is 0. The number of aliphatic hydroxyl groups is 1. The maximum Gasteiger partial charge on any atom is 0.223 e. The second kappa shape index (κ2) is 8.95. The van der Waals surface area contributed by atoms with Gasteiger partial charge in [-0.25, -0.2) is 0 Å². The number of furan rings is 1. The molecule has 1 aliphatic carbocycles. The minimum atomic E-state index is 0.0247. The van der Waals surface area contributed by atoms with Gasteiger partial charge in [-0.2, -0.15) is 0 Å². The molecule has 1 saturated carbocycles. The standard InChI is InChI=1S/C26H31ClN2O3/c1-16(12-24(31)29-18-5-2-4-17(13-18)14-19(29)9-10-30)21-15-28-22-8-7-20(26(27)25(21)22)23-6-3-11-32-23/h3,6-8,11,15-19,28,30H,2,4-5,9-10,12-14H2,1H3. The van der Waals surface area contributed by atoms with Crippen LogP contribution in [0.5, 0.6) is 0 Å². The van der Waals surface area contributed by atoms with Crippen LogP contribution in [0, 0.1) is 5.92 Å². The van der Waals surface area contributed by atoms with E-state index in [1.165, 1.54) is 12.8 Å². The maximum atomic E-state index is 13.5. The SMILES string of the molecule is CC(CC(=O)N1C(CCO)CC2CCCC1C2)c1c[nH]c2ccc(-c3ccco3)c(Cl)c12. The van der Waals surface area contributed by atoms with Gasteiger partial charge in [-0.05, 0) is 67.3 Å². The van der Waals surface area contributed by atoms with E-state index in [4.69, 9.17) is 16.0 Å². The fourth-order valence-corrected chi connectivity index (χ4v) is 6.40. The fourth-order valence-electron chi connectivity index (χ4n) is 6.03. The molecule has 2 bridgehead atoms. The van der Waals surface area contributed by atoms with Crippen LogP contribution in [0.15, 0.2) is 41.1 Å². The second-order valence-corrected chi connectivity index (χ2v) is 9.94. The fraction of sp³-hybridized carbons (Fsp3) is 0.500. The summed E-state index contributed by atoms with van der Waals surface area (Å²) in [5.74, 6) is 1.67. The van der Waals surface area contributed by atoms with Gasteiger partial charge in [-0.1, -0.05) is 31.4 Å². The van der Waals surface area contributed by atoms with Crippen molar-refractivity contribution in [3.05, 3.63) is 47.3 Å².